The van der Waals surface area contributed by atoms with Crippen molar-refractivity contribution in [2.75, 3.05) is 0 Å². The van der Waals surface area contributed by atoms with Crippen LogP contribution in [0.3, 0.4) is 0 Å². The van der Waals surface area contributed by atoms with Crippen molar-refractivity contribution < 1.29 is 51.4 Å². The van der Waals surface area contributed by atoms with E-state index in [0.717, 1.165) is 83.5 Å². The van der Waals surface area contributed by atoms with Gasteiger partial charge in [-0.05, 0) is 38.5 Å². The number of carbonyl (C=O) groups is 3. The quantitative estimate of drug-likeness (QED) is 0.289. The van der Waals surface area contributed by atoms with Gasteiger partial charge in [0.25, 0.3) is 0 Å². The van der Waals surface area contributed by atoms with Crippen molar-refractivity contribution in [3.05, 3.63) is 23.8 Å². The van der Waals surface area contributed by atoms with E-state index in [1.54, 1.807) is 0 Å². The molecule has 4 aliphatic rings. The Bertz CT molecular complexity index is 570. The van der Waals surface area contributed by atoms with Crippen molar-refractivity contribution in [2.45, 2.75) is 110 Å². The van der Waals surface area contributed by atoms with Crippen LogP contribution in [0.25, 0.3) is 0 Å². The first-order valence-electron chi connectivity index (χ1n) is 12.7. The molecule has 0 heterocycles. The van der Waals surface area contributed by atoms with Crippen LogP contribution >= 0.6 is 0 Å². The van der Waals surface area contributed by atoms with E-state index in [9.17, 15) is 14.4 Å². The molecule has 0 bridgehead atoms. The molecule has 0 aromatic rings. The number of hydrogen-bond donors (Lipinski definition) is 3. The van der Waals surface area contributed by atoms with E-state index in [-0.39, 0.29) is 39.5 Å². The maximum Gasteiger partial charge on any atom is 0.306 e. The van der Waals surface area contributed by atoms with Gasteiger partial charge < -0.3 is 15.3 Å². The summed E-state index contributed by atoms with van der Waals surface area (Å²) in [6, 6.07) is 0. The molecule has 6 nitrogen and oxygen atoms in total. The van der Waals surface area contributed by atoms with E-state index in [0.29, 0.717) is 0 Å². The summed E-state index contributed by atoms with van der Waals surface area (Å²) >= 11 is 0. The van der Waals surface area contributed by atoms with Gasteiger partial charge in [0.1, 0.15) is 0 Å². The van der Waals surface area contributed by atoms with Gasteiger partial charge in [0.15, 0.2) is 0 Å². The maximum atomic E-state index is 10.4. The number of rotatable bonds is 3. The zero-order chi connectivity index (χ0) is 24.5. The van der Waals surface area contributed by atoms with E-state index in [4.69, 9.17) is 15.3 Å². The van der Waals surface area contributed by atoms with E-state index in [2.05, 4.69) is 25.2 Å². The van der Waals surface area contributed by atoms with Gasteiger partial charge in [-0.3, -0.25) is 20.5 Å². The summed E-state index contributed by atoms with van der Waals surface area (Å²) in [5, 5.41) is 25.6. The van der Waals surface area contributed by atoms with Crippen molar-refractivity contribution in [1.82, 2.24) is 0 Å². The van der Waals surface area contributed by atoms with Crippen LogP contribution in [0.2, 0.25) is 0 Å². The number of allylic oxidation sites excluding steroid dienone is 4. The Labute approximate surface area is 220 Å². The Morgan fingerprint density at radius 3 is 1.06 bits per heavy atom. The monoisotopic (exact) mass is 511 g/mol. The molecule has 192 valence electrons. The molecular formula is C27H43O6Ti-. The van der Waals surface area contributed by atoms with Gasteiger partial charge in [0.2, 0.25) is 0 Å². The topological polar surface area (TPSA) is 112 Å². The molecule has 4 rings (SSSR count). The number of carboxylic acids is 3. The SMILES string of the molecule is CC1=[C-]CC=C1.O=C(O)C1CCCCC1.O=C(O)C1CCCCC1.O=C(O)C1CCCCC1.[Ti]. The van der Waals surface area contributed by atoms with Crippen molar-refractivity contribution >= 4 is 17.9 Å². The van der Waals surface area contributed by atoms with Crippen LogP contribution < -0.4 is 0 Å². The summed E-state index contributed by atoms with van der Waals surface area (Å²) in [4.78, 5) is 31.1. The minimum atomic E-state index is -0.602. The van der Waals surface area contributed by atoms with Gasteiger partial charge in [-0.2, -0.15) is 6.08 Å². The van der Waals surface area contributed by atoms with Gasteiger partial charge in [0.05, 0.1) is 17.8 Å². The Morgan fingerprint density at radius 1 is 0.647 bits per heavy atom. The standard InChI is InChI=1S/3C7H12O2.C6H7.Ti/c3*8-7(9)6-4-2-1-3-5-6;1-6-4-2-3-5-6;/h3*6H,1-5H2,(H,8,9);2,4H,3H2,1H3;/q;;;-1;. The Morgan fingerprint density at radius 2 is 0.941 bits per heavy atom. The average molecular weight is 512 g/mol. The Hall–Kier alpha value is -1.40. The molecule has 0 aromatic heterocycles. The summed E-state index contributed by atoms with van der Waals surface area (Å²) in [7, 11) is 0. The third-order valence-corrected chi connectivity index (χ3v) is 6.73. The largest absolute Gasteiger partial charge is 0.481 e. The van der Waals surface area contributed by atoms with Crippen LogP contribution in [0, 0.1) is 23.8 Å². The molecule has 0 aromatic carbocycles. The second kappa shape index (κ2) is 19.9. The van der Waals surface area contributed by atoms with E-state index < -0.39 is 17.9 Å². The van der Waals surface area contributed by atoms with Gasteiger partial charge >= 0.3 is 17.9 Å². The Kier molecular flexibility index (Phi) is 19.0. The fraction of sp³-hybridized carbons (Fsp3) is 0.741. The van der Waals surface area contributed by atoms with Crippen LogP contribution in [-0.2, 0) is 36.1 Å². The number of carboxylic acid groups (broad SMARTS) is 3. The third kappa shape index (κ3) is 15.5. The van der Waals surface area contributed by atoms with Gasteiger partial charge in [-0.15, -0.1) is 6.42 Å². The van der Waals surface area contributed by atoms with Crippen molar-refractivity contribution in [3.63, 3.8) is 0 Å². The zero-order valence-electron chi connectivity index (χ0n) is 20.8. The summed E-state index contributed by atoms with van der Waals surface area (Å²) in [6.45, 7) is 2.06. The smallest absolute Gasteiger partial charge is 0.306 e. The molecule has 3 fully saturated rings. The molecular weight excluding hydrogens is 468 g/mol. The van der Waals surface area contributed by atoms with Crippen molar-refractivity contribution in [1.29, 1.82) is 0 Å². The maximum absolute atomic E-state index is 10.4. The molecule has 0 unspecified atom stereocenters. The molecule has 7 heteroatoms. The summed E-state index contributed by atoms with van der Waals surface area (Å²) in [5.41, 5.74) is 1.27. The predicted molar refractivity (Wildman–Crippen MR) is 129 cm³/mol. The fourth-order valence-corrected chi connectivity index (χ4v) is 4.56. The molecule has 34 heavy (non-hydrogen) atoms. The van der Waals surface area contributed by atoms with E-state index >= 15 is 0 Å². The molecule has 0 spiro atoms. The minimum absolute atomic E-state index is 0. The van der Waals surface area contributed by atoms with E-state index in [1.165, 1.54) is 24.8 Å². The predicted octanol–water partition coefficient (Wildman–Crippen LogP) is 6.65. The second-order valence-corrected chi connectivity index (χ2v) is 9.49. The number of hydrogen-bond acceptors (Lipinski definition) is 3. The van der Waals surface area contributed by atoms with Crippen LogP contribution in [0.15, 0.2) is 17.7 Å². The molecule has 3 saturated carbocycles. The molecule has 4 aliphatic carbocycles. The van der Waals surface area contributed by atoms with Gasteiger partial charge in [-0.1, -0.05) is 64.7 Å². The van der Waals surface area contributed by atoms with Gasteiger partial charge in [-0.25, -0.2) is 11.6 Å². The third-order valence-electron chi connectivity index (χ3n) is 6.73. The first kappa shape index (κ1) is 32.6. The first-order valence-corrected chi connectivity index (χ1v) is 12.7. The summed E-state index contributed by atoms with van der Waals surface area (Å²) in [5.74, 6) is -1.89. The van der Waals surface area contributed by atoms with Crippen LogP contribution in [0.4, 0.5) is 0 Å². The van der Waals surface area contributed by atoms with Crippen molar-refractivity contribution in [3.8, 4) is 0 Å². The summed E-state index contributed by atoms with van der Waals surface area (Å²) in [6.07, 6.45) is 24.0. The number of aliphatic carboxylic acids is 3. The minimum Gasteiger partial charge on any atom is -0.481 e. The van der Waals surface area contributed by atoms with Crippen LogP contribution in [0.1, 0.15) is 110 Å². The molecule has 0 amide bonds. The molecule has 0 aliphatic heterocycles. The second-order valence-electron chi connectivity index (χ2n) is 9.49. The van der Waals surface area contributed by atoms with Crippen LogP contribution in [-0.4, -0.2) is 33.2 Å². The molecule has 3 N–H and O–H groups in total. The first-order chi connectivity index (χ1) is 15.8. The average Bonchev–Trinajstić information content (AvgIpc) is 3.33. The molecule has 0 saturated heterocycles. The molecule has 0 atom stereocenters. The van der Waals surface area contributed by atoms with E-state index in [1.807, 2.05) is 0 Å². The Balaban J connectivity index is 0.000000427. The summed E-state index contributed by atoms with van der Waals surface area (Å²) < 4.78 is 0. The van der Waals surface area contributed by atoms with Crippen LogP contribution in [0.5, 0.6) is 0 Å². The normalized spacial score (nSPS) is 20.6. The molecule has 0 radical (unpaired) electrons. The van der Waals surface area contributed by atoms with Gasteiger partial charge in [0, 0.05) is 21.7 Å². The zero-order valence-corrected chi connectivity index (χ0v) is 22.3. The van der Waals surface area contributed by atoms with Crippen molar-refractivity contribution in [2.24, 2.45) is 17.8 Å². The fourth-order valence-electron chi connectivity index (χ4n) is 4.56.